The van der Waals surface area contributed by atoms with E-state index >= 15 is 0 Å². The topological polar surface area (TPSA) is 72.7 Å². The largest absolute Gasteiger partial charge is 0.448 e. The van der Waals surface area contributed by atoms with Gasteiger partial charge in [-0.15, -0.1) is 0 Å². The van der Waals surface area contributed by atoms with Crippen molar-refractivity contribution in [2.75, 3.05) is 5.32 Å². The maximum atomic E-state index is 13.6. The minimum absolute atomic E-state index is 0.0266. The molecule has 0 fully saturated rings. The molecule has 3 aromatic rings. The molecule has 1 aromatic carbocycles. The number of carbonyl (C=O) groups is 2. The predicted octanol–water partition coefficient (Wildman–Crippen LogP) is 2.97. The van der Waals surface area contributed by atoms with Crippen LogP contribution >= 0.6 is 0 Å². The molecule has 0 aliphatic rings. The van der Waals surface area contributed by atoms with Gasteiger partial charge in [-0.1, -0.05) is 18.2 Å². The monoisotopic (exact) mass is 341 g/mol. The van der Waals surface area contributed by atoms with Crippen molar-refractivity contribution in [3.63, 3.8) is 0 Å². The van der Waals surface area contributed by atoms with E-state index in [9.17, 15) is 14.0 Å². The number of nitrogens with one attached hydrogen (secondary N) is 1. The molecule has 3 rings (SSSR count). The van der Waals surface area contributed by atoms with Gasteiger partial charge in [-0.2, -0.15) is 0 Å². The van der Waals surface area contributed by atoms with Crippen LogP contribution in [0.4, 0.5) is 10.1 Å². The lowest BCUT2D eigenvalue weighted by atomic mass is 10.3. The minimum atomic E-state index is -1.10. The van der Waals surface area contributed by atoms with Crippen molar-refractivity contribution in [1.82, 2.24) is 9.38 Å². The van der Waals surface area contributed by atoms with E-state index in [1.165, 1.54) is 25.1 Å². The van der Waals surface area contributed by atoms with Crippen LogP contribution in [0.15, 0.2) is 48.7 Å². The van der Waals surface area contributed by atoms with Crippen LogP contribution in [0, 0.1) is 12.7 Å². The first-order valence-electron chi connectivity index (χ1n) is 7.67. The van der Waals surface area contributed by atoms with Gasteiger partial charge in [0, 0.05) is 11.9 Å². The molecule has 0 aliphatic carbocycles. The molecule has 1 N–H and O–H groups in total. The number of imidazole rings is 1. The lowest BCUT2D eigenvalue weighted by Gasteiger charge is -2.13. The zero-order valence-electron chi connectivity index (χ0n) is 13.7. The summed E-state index contributed by atoms with van der Waals surface area (Å²) in [5.74, 6) is -1.91. The van der Waals surface area contributed by atoms with Crippen molar-refractivity contribution in [2.45, 2.75) is 20.0 Å². The molecule has 128 valence electrons. The van der Waals surface area contributed by atoms with Crippen LogP contribution in [0.25, 0.3) is 5.65 Å². The van der Waals surface area contributed by atoms with Crippen LogP contribution in [0.3, 0.4) is 0 Å². The summed E-state index contributed by atoms with van der Waals surface area (Å²) in [6, 6.07) is 11.2. The van der Waals surface area contributed by atoms with Gasteiger partial charge in [-0.25, -0.2) is 14.2 Å². The van der Waals surface area contributed by atoms with Crippen LogP contribution < -0.4 is 5.32 Å². The van der Waals surface area contributed by atoms with E-state index in [0.717, 1.165) is 5.69 Å². The fraction of sp³-hybridized carbons (Fsp3) is 0.167. The number of amides is 1. The molecule has 7 heteroatoms. The summed E-state index contributed by atoms with van der Waals surface area (Å²) in [5.41, 5.74) is 1.64. The Morgan fingerprint density at radius 3 is 2.68 bits per heavy atom. The Labute approximate surface area is 143 Å². The molecule has 0 aliphatic heterocycles. The number of anilines is 1. The Hall–Kier alpha value is -3.22. The van der Waals surface area contributed by atoms with Crippen molar-refractivity contribution in [1.29, 1.82) is 0 Å². The number of fused-ring (bicyclic) bond motifs is 1. The number of esters is 1. The van der Waals surface area contributed by atoms with Crippen LogP contribution in [0.1, 0.15) is 23.1 Å². The maximum absolute atomic E-state index is 13.6. The SMILES string of the molecule is Cc1cccc2nc(C(=O)OC(C)C(=O)Nc3ccccc3F)cn12. The summed E-state index contributed by atoms with van der Waals surface area (Å²) in [5, 5.41) is 2.39. The molecular weight excluding hydrogens is 325 g/mol. The lowest BCUT2D eigenvalue weighted by Crippen LogP contribution is -2.30. The zero-order chi connectivity index (χ0) is 18.0. The number of ether oxygens (including phenoxy) is 1. The second kappa shape index (κ2) is 6.72. The van der Waals surface area contributed by atoms with E-state index in [1.54, 1.807) is 22.7 Å². The third-order valence-corrected chi connectivity index (χ3v) is 3.69. The van der Waals surface area contributed by atoms with Crippen molar-refractivity contribution in [3.8, 4) is 0 Å². The van der Waals surface area contributed by atoms with E-state index < -0.39 is 23.8 Å². The number of pyridine rings is 1. The number of nitrogens with zero attached hydrogens (tertiary/aromatic N) is 2. The van der Waals surface area contributed by atoms with Gasteiger partial charge in [0.1, 0.15) is 11.5 Å². The molecule has 0 bridgehead atoms. The van der Waals surface area contributed by atoms with Crippen LogP contribution in [-0.2, 0) is 9.53 Å². The summed E-state index contributed by atoms with van der Waals surface area (Å²) in [4.78, 5) is 28.5. The van der Waals surface area contributed by atoms with Gasteiger partial charge in [0.15, 0.2) is 11.8 Å². The molecule has 6 nitrogen and oxygen atoms in total. The standard InChI is InChI=1S/C18H16FN3O3/c1-11-6-5-9-16-20-15(10-22(11)16)18(24)25-12(2)17(23)21-14-8-4-3-7-13(14)19/h3-10,12H,1-2H3,(H,21,23). The molecule has 1 amide bonds. The molecule has 2 heterocycles. The van der Waals surface area contributed by atoms with Gasteiger partial charge in [-0.05, 0) is 38.1 Å². The number of halogens is 1. The number of carbonyl (C=O) groups excluding carboxylic acids is 2. The van der Waals surface area contributed by atoms with Crippen molar-refractivity contribution >= 4 is 23.2 Å². The fourth-order valence-electron chi connectivity index (χ4n) is 2.32. The first-order chi connectivity index (χ1) is 12.0. The highest BCUT2D eigenvalue weighted by Crippen LogP contribution is 2.14. The quantitative estimate of drug-likeness (QED) is 0.741. The average molecular weight is 341 g/mol. The van der Waals surface area contributed by atoms with Crippen molar-refractivity contribution in [2.24, 2.45) is 0 Å². The second-order valence-electron chi connectivity index (χ2n) is 5.54. The molecule has 2 aromatic heterocycles. The Kier molecular flexibility index (Phi) is 4.47. The Balaban J connectivity index is 1.70. The third-order valence-electron chi connectivity index (χ3n) is 3.69. The summed E-state index contributed by atoms with van der Waals surface area (Å²) in [6.07, 6.45) is 0.451. The summed E-state index contributed by atoms with van der Waals surface area (Å²) < 4.78 is 20.4. The Bertz CT molecular complexity index is 952. The molecule has 25 heavy (non-hydrogen) atoms. The lowest BCUT2D eigenvalue weighted by molar-refractivity contribution is -0.123. The maximum Gasteiger partial charge on any atom is 0.359 e. The number of rotatable bonds is 4. The Morgan fingerprint density at radius 1 is 1.20 bits per heavy atom. The summed E-state index contributed by atoms with van der Waals surface area (Å²) >= 11 is 0. The third kappa shape index (κ3) is 3.50. The van der Waals surface area contributed by atoms with Crippen LogP contribution in [0.5, 0.6) is 0 Å². The van der Waals surface area contributed by atoms with E-state index in [2.05, 4.69) is 10.3 Å². The number of hydrogen-bond donors (Lipinski definition) is 1. The van der Waals surface area contributed by atoms with Gasteiger partial charge in [0.2, 0.25) is 0 Å². The van der Waals surface area contributed by atoms with E-state index in [1.807, 2.05) is 19.1 Å². The average Bonchev–Trinajstić information content (AvgIpc) is 3.02. The van der Waals surface area contributed by atoms with E-state index in [-0.39, 0.29) is 11.4 Å². The van der Waals surface area contributed by atoms with Crippen LogP contribution in [0.2, 0.25) is 0 Å². The van der Waals surface area contributed by atoms with Gasteiger partial charge in [0.05, 0.1) is 5.69 Å². The minimum Gasteiger partial charge on any atom is -0.448 e. The van der Waals surface area contributed by atoms with Crippen molar-refractivity contribution in [3.05, 3.63) is 65.9 Å². The molecule has 0 saturated carbocycles. The highest BCUT2D eigenvalue weighted by Gasteiger charge is 2.21. The molecular formula is C18H16FN3O3. The highest BCUT2D eigenvalue weighted by atomic mass is 19.1. The van der Waals surface area contributed by atoms with E-state index in [4.69, 9.17) is 4.74 Å². The normalized spacial score (nSPS) is 12.0. The summed E-state index contributed by atoms with van der Waals surface area (Å²) in [7, 11) is 0. The number of aryl methyl sites for hydroxylation is 1. The fourth-order valence-corrected chi connectivity index (χ4v) is 2.32. The smallest absolute Gasteiger partial charge is 0.359 e. The van der Waals surface area contributed by atoms with Gasteiger partial charge < -0.3 is 14.5 Å². The first kappa shape index (κ1) is 16.6. The molecule has 1 unspecified atom stereocenters. The predicted molar refractivity (Wildman–Crippen MR) is 89.8 cm³/mol. The van der Waals surface area contributed by atoms with E-state index in [0.29, 0.717) is 5.65 Å². The first-order valence-corrected chi connectivity index (χ1v) is 7.67. The number of para-hydroxylation sites is 1. The van der Waals surface area contributed by atoms with Gasteiger partial charge >= 0.3 is 5.97 Å². The number of aromatic nitrogens is 2. The molecule has 0 radical (unpaired) electrons. The van der Waals surface area contributed by atoms with Crippen LogP contribution in [-0.4, -0.2) is 27.4 Å². The zero-order valence-corrected chi connectivity index (χ0v) is 13.7. The highest BCUT2D eigenvalue weighted by molar-refractivity contribution is 5.97. The van der Waals surface area contributed by atoms with Crippen molar-refractivity contribution < 1.29 is 18.7 Å². The number of hydrogen-bond acceptors (Lipinski definition) is 4. The molecule has 0 spiro atoms. The summed E-state index contributed by atoms with van der Waals surface area (Å²) in [6.45, 7) is 3.30. The number of benzene rings is 1. The molecule has 1 atom stereocenters. The van der Waals surface area contributed by atoms with Gasteiger partial charge in [0.25, 0.3) is 5.91 Å². The molecule has 0 saturated heterocycles. The second-order valence-corrected chi connectivity index (χ2v) is 5.54. The van der Waals surface area contributed by atoms with Gasteiger partial charge in [-0.3, -0.25) is 4.79 Å². The Morgan fingerprint density at radius 2 is 1.96 bits per heavy atom.